The molecule has 2 rings (SSSR count). The van der Waals surface area contributed by atoms with E-state index in [1.54, 1.807) is 0 Å². The number of carbonyl (C=O) groups is 1. The van der Waals surface area contributed by atoms with E-state index in [2.05, 4.69) is 33.9 Å². The summed E-state index contributed by atoms with van der Waals surface area (Å²) in [6.45, 7) is 4.75. The van der Waals surface area contributed by atoms with E-state index < -0.39 is 5.97 Å². The lowest BCUT2D eigenvalue weighted by molar-refractivity contribution is -0.132. The van der Waals surface area contributed by atoms with Crippen molar-refractivity contribution in [2.24, 2.45) is 0 Å². The average molecular weight is 284 g/mol. The molecular weight excluding hydrogens is 264 g/mol. The van der Waals surface area contributed by atoms with E-state index in [1.165, 1.54) is 11.8 Å². The number of hydrogen-bond acceptors (Lipinski definition) is 4. The van der Waals surface area contributed by atoms with Gasteiger partial charge in [0.15, 0.2) is 0 Å². The third-order valence-corrected chi connectivity index (χ3v) is 3.87. The molecule has 0 spiro atoms. The average Bonchev–Trinajstić information content (AvgIpc) is 2.51. The number of esters is 1. The minimum Gasteiger partial charge on any atom is -0.347 e. The molecule has 0 bridgehead atoms. The number of rotatable bonds is 4. The van der Waals surface area contributed by atoms with Crippen LogP contribution >= 0.6 is 0 Å². The highest BCUT2D eigenvalue weighted by Gasteiger charge is 2.20. The molecule has 0 radical (unpaired) electrons. The zero-order valence-electron chi connectivity index (χ0n) is 12.3. The molecule has 0 aliphatic carbocycles. The molecule has 21 heavy (non-hydrogen) atoms. The molecule has 0 aromatic heterocycles. The molecule has 0 saturated carbocycles. The summed E-state index contributed by atoms with van der Waals surface area (Å²) in [7, 11) is 0. The molecule has 1 aliphatic rings. The zero-order valence-corrected chi connectivity index (χ0v) is 12.3. The first-order valence-corrected chi connectivity index (χ1v) is 7.32. The van der Waals surface area contributed by atoms with Gasteiger partial charge in [0.1, 0.15) is 0 Å². The molecule has 0 atom stereocenters. The fourth-order valence-electron chi connectivity index (χ4n) is 2.77. The van der Waals surface area contributed by atoms with E-state index in [0.717, 1.165) is 38.0 Å². The highest BCUT2D eigenvalue weighted by molar-refractivity contribution is 5.89. The van der Waals surface area contributed by atoms with Crippen LogP contribution in [0.4, 0.5) is 0 Å². The van der Waals surface area contributed by atoms with Crippen molar-refractivity contribution in [1.29, 1.82) is 5.26 Å². The first kappa shape index (κ1) is 15.3. The van der Waals surface area contributed by atoms with Gasteiger partial charge in [-0.05, 0) is 24.8 Å². The standard InChI is InChI=1S/C17H20N2O2/c1-2-16(17(20)21-13-18)15-8-10-19(11-9-15)12-14-6-4-3-5-7-14/h3-7H,2,8-12H2,1H3. The summed E-state index contributed by atoms with van der Waals surface area (Å²) in [5.41, 5.74) is 3.13. The van der Waals surface area contributed by atoms with Crippen LogP contribution in [-0.2, 0) is 16.1 Å². The Balaban J connectivity index is 1.96. The topological polar surface area (TPSA) is 53.3 Å². The van der Waals surface area contributed by atoms with Crippen LogP contribution in [0.25, 0.3) is 0 Å². The lowest BCUT2D eigenvalue weighted by Gasteiger charge is -2.29. The van der Waals surface area contributed by atoms with Gasteiger partial charge in [0.25, 0.3) is 6.26 Å². The molecule has 0 amide bonds. The van der Waals surface area contributed by atoms with E-state index in [1.807, 2.05) is 13.0 Å². The van der Waals surface area contributed by atoms with Crippen LogP contribution in [0.3, 0.4) is 0 Å². The molecule has 0 unspecified atom stereocenters. The Labute approximate surface area is 125 Å². The molecule has 0 N–H and O–H groups in total. The second kappa shape index (κ2) is 7.61. The number of nitriles is 1. The minimum atomic E-state index is -0.480. The van der Waals surface area contributed by atoms with Crippen molar-refractivity contribution < 1.29 is 9.53 Å². The summed E-state index contributed by atoms with van der Waals surface area (Å²) < 4.78 is 4.47. The van der Waals surface area contributed by atoms with Gasteiger partial charge in [-0.15, -0.1) is 5.26 Å². The number of carbonyl (C=O) groups excluding carboxylic acids is 1. The van der Waals surface area contributed by atoms with Crippen molar-refractivity contribution in [2.75, 3.05) is 13.1 Å². The largest absolute Gasteiger partial charge is 0.349 e. The van der Waals surface area contributed by atoms with Crippen LogP contribution < -0.4 is 0 Å². The summed E-state index contributed by atoms with van der Waals surface area (Å²) in [6.07, 6.45) is 3.83. The van der Waals surface area contributed by atoms with E-state index in [4.69, 9.17) is 5.26 Å². The smallest absolute Gasteiger partial charge is 0.347 e. The Morgan fingerprint density at radius 2 is 1.95 bits per heavy atom. The number of ether oxygens (including phenoxy) is 1. The van der Waals surface area contributed by atoms with Crippen molar-refractivity contribution in [3.63, 3.8) is 0 Å². The second-order valence-corrected chi connectivity index (χ2v) is 5.18. The molecule has 110 valence electrons. The van der Waals surface area contributed by atoms with Gasteiger partial charge >= 0.3 is 5.97 Å². The van der Waals surface area contributed by atoms with Crippen LogP contribution in [0, 0.1) is 11.5 Å². The molecule has 1 fully saturated rings. The second-order valence-electron chi connectivity index (χ2n) is 5.18. The Hall–Kier alpha value is -2.12. The Kier molecular flexibility index (Phi) is 5.53. The van der Waals surface area contributed by atoms with Gasteiger partial charge in [0.05, 0.1) is 0 Å². The lowest BCUT2D eigenvalue weighted by atomic mass is 9.96. The number of benzene rings is 1. The van der Waals surface area contributed by atoms with Gasteiger partial charge in [0.2, 0.25) is 0 Å². The number of nitrogens with zero attached hydrogens (tertiary/aromatic N) is 2. The lowest BCUT2D eigenvalue weighted by Crippen LogP contribution is -2.31. The minimum absolute atomic E-state index is 0.480. The van der Waals surface area contributed by atoms with E-state index in [-0.39, 0.29) is 0 Å². The number of piperidine rings is 1. The molecule has 4 nitrogen and oxygen atoms in total. The van der Waals surface area contributed by atoms with Crippen molar-refractivity contribution in [3.05, 3.63) is 47.0 Å². The maximum atomic E-state index is 11.7. The molecule has 1 saturated heterocycles. The summed E-state index contributed by atoms with van der Waals surface area (Å²) in [5.74, 6) is -0.480. The van der Waals surface area contributed by atoms with Gasteiger partial charge in [-0.25, -0.2) is 4.79 Å². The highest BCUT2D eigenvalue weighted by Crippen LogP contribution is 2.23. The summed E-state index contributed by atoms with van der Waals surface area (Å²) in [6, 6.07) is 10.4. The number of hydrogen-bond donors (Lipinski definition) is 0. The van der Waals surface area contributed by atoms with Gasteiger partial charge in [0, 0.05) is 25.2 Å². The fourth-order valence-corrected chi connectivity index (χ4v) is 2.77. The van der Waals surface area contributed by atoms with Crippen LogP contribution in [0.15, 0.2) is 41.5 Å². The maximum Gasteiger partial charge on any atom is 0.349 e. The highest BCUT2D eigenvalue weighted by atomic mass is 16.5. The van der Waals surface area contributed by atoms with E-state index >= 15 is 0 Å². The van der Waals surface area contributed by atoms with Crippen LogP contribution in [0.2, 0.25) is 0 Å². The summed E-state index contributed by atoms with van der Waals surface area (Å²) in [5, 5.41) is 8.46. The molecule has 1 aliphatic heterocycles. The number of likely N-dealkylation sites (tertiary alicyclic amines) is 1. The quantitative estimate of drug-likeness (QED) is 0.484. The SMILES string of the molecule is CCC(C(=O)OC#N)=C1CCN(Cc2ccccc2)CC1. The van der Waals surface area contributed by atoms with Crippen LogP contribution in [0.5, 0.6) is 0 Å². The third-order valence-electron chi connectivity index (χ3n) is 3.87. The molecular formula is C17H20N2O2. The Morgan fingerprint density at radius 1 is 1.29 bits per heavy atom. The van der Waals surface area contributed by atoms with Crippen molar-refractivity contribution in [3.8, 4) is 6.26 Å². The normalized spacial score (nSPS) is 15.3. The first-order chi connectivity index (χ1) is 10.2. The summed E-state index contributed by atoms with van der Waals surface area (Å²) >= 11 is 0. The van der Waals surface area contributed by atoms with Gasteiger partial charge in [-0.1, -0.05) is 42.8 Å². The van der Waals surface area contributed by atoms with Gasteiger partial charge in [-0.3, -0.25) is 4.90 Å². The third kappa shape index (κ3) is 4.17. The maximum absolute atomic E-state index is 11.7. The van der Waals surface area contributed by atoms with Crippen LogP contribution in [-0.4, -0.2) is 24.0 Å². The van der Waals surface area contributed by atoms with Crippen molar-refractivity contribution in [2.45, 2.75) is 32.7 Å². The zero-order chi connectivity index (χ0) is 15.1. The summed E-state index contributed by atoms with van der Waals surface area (Å²) in [4.78, 5) is 14.1. The fraction of sp³-hybridized carbons (Fsp3) is 0.412. The predicted octanol–water partition coefficient (Wildman–Crippen LogP) is 3.01. The first-order valence-electron chi connectivity index (χ1n) is 7.32. The van der Waals surface area contributed by atoms with Gasteiger partial charge < -0.3 is 4.74 Å². The van der Waals surface area contributed by atoms with Gasteiger partial charge in [-0.2, -0.15) is 0 Å². The Morgan fingerprint density at radius 3 is 2.52 bits per heavy atom. The van der Waals surface area contributed by atoms with E-state index in [0.29, 0.717) is 12.0 Å². The molecule has 4 heteroatoms. The molecule has 1 aromatic rings. The molecule has 1 heterocycles. The monoisotopic (exact) mass is 284 g/mol. The van der Waals surface area contributed by atoms with Crippen LogP contribution in [0.1, 0.15) is 31.7 Å². The van der Waals surface area contributed by atoms with Crippen molar-refractivity contribution >= 4 is 5.97 Å². The van der Waals surface area contributed by atoms with Crippen molar-refractivity contribution in [1.82, 2.24) is 4.90 Å². The predicted molar refractivity (Wildman–Crippen MR) is 80.0 cm³/mol. The molecule has 1 aromatic carbocycles. The van der Waals surface area contributed by atoms with E-state index in [9.17, 15) is 4.79 Å². The Bertz CT molecular complexity index is 548.